The number of anilines is 1. The summed E-state index contributed by atoms with van der Waals surface area (Å²) < 4.78 is 5.24. The van der Waals surface area contributed by atoms with Gasteiger partial charge in [-0.05, 0) is 49.7 Å². The molecule has 2 saturated heterocycles. The normalized spacial score (nSPS) is 17.9. The molecule has 0 bridgehead atoms. The van der Waals surface area contributed by atoms with Gasteiger partial charge in [0.25, 0.3) is 0 Å². The van der Waals surface area contributed by atoms with E-state index < -0.39 is 0 Å². The third kappa shape index (κ3) is 5.79. The van der Waals surface area contributed by atoms with E-state index in [0.29, 0.717) is 39.0 Å². The van der Waals surface area contributed by atoms with Crippen LogP contribution in [0.4, 0.5) is 10.6 Å². The number of likely N-dealkylation sites (N-methyl/N-ethyl adjacent to an activating group) is 1. The van der Waals surface area contributed by atoms with Crippen molar-refractivity contribution >= 4 is 17.8 Å². The first-order valence-electron chi connectivity index (χ1n) is 11.3. The Kier molecular flexibility index (Phi) is 7.26. The molecule has 4 rings (SSSR count). The molecule has 4 heterocycles. The Labute approximate surface area is 188 Å². The van der Waals surface area contributed by atoms with E-state index in [9.17, 15) is 9.59 Å². The molecule has 9 heteroatoms. The van der Waals surface area contributed by atoms with Crippen LogP contribution in [0.1, 0.15) is 24.2 Å². The minimum Gasteiger partial charge on any atom is -0.467 e. The van der Waals surface area contributed by atoms with Crippen LogP contribution in [0, 0.1) is 5.92 Å². The molecule has 2 N–H and O–H groups in total. The standard InChI is InChI=1S/C23H32N6O3/c1-27-10-12-28(13-11-27)21-15-18(4-7-24-21)16-26-23(31)29-8-5-19(6-9-29)22(30)25-17-20-3-2-14-32-20/h2-4,7,14-15,19H,5-6,8-13,16-17H2,1H3,(H,25,30)(H,26,31). The van der Waals surface area contributed by atoms with E-state index in [4.69, 9.17) is 4.42 Å². The van der Waals surface area contributed by atoms with Gasteiger partial charge in [-0.1, -0.05) is 0 Å². The van der Waals surface area contributed by atoms with Crippen LogP contribution in [0.15, 0.2) is 41.1 Å². The van der Waals surface area contributed by atoms with Crippen molar-refractivity contribution in [2.75, 3.05) is 51.2 Å². The molecule has 32 heavy (non-hydrogen) atoms. The second-order valence-electron chi connectivity index (χ2n) is 8.53. The number of hydrogen-bond acceptors (Lipinski definition) is 6. The molecule has 0 aromatic carbocycles. The number of furan rings is 1. The molecule has 2 aromatic rings. The first-order valence-corrected chi connectivity index (χ1v) is 11.3. The molecule has 2 fully saturated rings. The van der Waals surface area contributed by atoms with Crippen molar-refractivity contribution in [1.82, 2.24) is 25.4 Å². The number of likely N-dealkylation sites (tertiary alicyclic amines) is 1. The number of carbonyl (C=O) groups excluding carboxylic acids is 2. The predicted molar refractivity (Wildman–Crippen MR) is 121 cm³/mol. The van der Waals surface area contributed by atoms with Gasteiger partial charge in [-0.15, -0.1) is 0 Å². The largest absolute Gasteiger partial charge is 0.467 e. The van der Waals surface area contributed by atoms with Gasteiger partial charge in [-0.2, -0.15) is 0 Å². The van der Waals surface area contributed by atoms with Gasteiger partial charge in [-0.25, -0.2) is 9.78 Å². The van der Waals surface area contributed by atoms with Gasteiger partial charge >= 0.3 is 6.03 Å². The number of amides is 3. The first-order chi connectivity index (χ1) is 15.6. The molecular weight excluding hydrogens is 408 g/mol. The molecule has 9 nitrogen and oxygen atoms in total. The van der Waals surface area contributed by atoms with Gasteiger partial charge in [0.1, 0.15) is 11.6 Å². The average molecular weight is 441 g/mol. The maximum Gasteiger partial charge on any atom is 0.317 e. The number of hydrogen-bond donors (Lipinski definition) is 2. The molecular formula is C23H32N6O3. The van der Waals surface area contributed by atoms with Gasteiger partial charge in [0.15, 0.2) is 0 Å². The molecule has 0 aliphatic carbocycles. The number of nitrogens with zero attached hydrogens (tertiary/aromatic N) is 4. The van der Waals surface area contributed by atoms with Gasteiger partial charge in [-0.3, -0.25) is 4.79 Å². The highest BCUT2D eigenvalue weighted by molar-refractivity contribution is 5.79. The smallest absolute Gasteiger partial charge is 0.317 e. The molecule has 2 aliphatic heterocycles. The second kappa shape index (κ2) is 10.5. The quantitative estimate of drug-likeness (QED) is 0.710. The van der Waals surface area contributed by atoms with E-state index in [0.717, 1.165) is 43.3 Å². The summed E-state index contributed by atoms with van der Waals surface area (Å²) in [6.07, 6.45) is 4.74. The Balaban J connectivity index is 1.20. The summed E-state index contributed by atoms with van der Waals surface area (Å²) >= 11 is 0. The van der Waals surface area contributed by atoms with Crippen LogP contribution in [-0.4, -0.2) is 73.0 Å². The molecule has 0 radical (unpaired) electrons. The lowest BCUT2D eigenvalue weighted by Crippen LogP contribution is -2.46. The molecule has 172 valence electrons. The van der Waals surface area contributed by atoms with Crippen molar-refractivity contribution in [2.45, 2.75) is 25.9 Å². The van der Waals surface area contributed by atoms with Crippen LogP contribution >= 0.6 is 0 Å². The monoisotopic (exact) mass is 440 g/mol. The summed E-state index contributed by atoms with van der Waals surface area (Å²) in [5.74, 6) is 1.66. The SMILES string of the molecule is CN1CCN(c2cc(CNC(=O)N3CCC(C(=O)NCc4ccco4)CC3)ccn2)CC1. The van der Waals surface area contributed by atoms with Crippen LogP contribution in [0.25, 0.3) is 0 Å². The number of rotatable bonds is 6. The summed E-state index contributed by atoms with van der Waals surface area (Å²) in [5.41, 5.74) is 1.04. The summed E-state index contributed by atoms with van der Waals surface area (Å²) in [7, 11) is 2.13. The van der Waals surface area contributed by atoms with Gasteiger partial charge in [0.05, 0.1) is 12.8 Å². The number of pyridine rings is 1. The maximum atomic E-state index is 12.6. The van der Waals surface area contributed by atoms with Crippen molar-refractivity contribution in [1.29, 1.82) is 0 Å². The zero-order valence-electron chi connectivity index (χ0n) is 18.6. The highest BCUT2D eigenvalue weighted by atomic mass is 16.3. The van der Waals surface area contributed by atoms with Crippen LogP contribution in [0.5, 0.6) is 0 Å². The number of piperidine rings is 1. The fourth-order valence-corrected chi connectivity index (χ4v) is 4.14. The minimum absolute atomic E-state index is 0.0229. The Morgan fingerprint density at radius 2 is 1.84 bits per heavy atom. The van der Waals surface area contributed by atoms with Crippen LogP contribution in [0.3, 0.4) is 0 Å². The Bertz CT molecular complexity index is 887. The number of piperazine rings is 1. The van der Waals surface area contributed by atoms with Crippen molar-refractivity contribution in [3.63, 3.8) is 0 Å². The summed E-state index contributed by atoms with van der Waals surface area (Å²) in [4.78, 5) is 35.9. The van der Waals surface area contributed by atoms with E-state index >= 15 is 0 Å². The lowest BCUT2D eigenvalue weighted by Gasteiger charge is -2.33. The molecule has 0 atom stereocenters. The van der Waals surface area contributed by atoms with E-state index in [1.54, 1.807) is 17.2 Å². The minimum atomic E-state index is -0.0857. The first kappa shape index (κ1) is 22.1. The predicted octanol–water partition coefficient (Wildman–Crippen LogP) is 1.66. The van der Waals surface area contributed by atoms with Gasteiger partial charge in [0, 0.05) is 57.9 Å². The van der Waals surface area contributed by atoms with Gasteiger partial charge in [0.2, 0.25) is 5.91 Å². The highest BCUT2D eigenvalue weighted by Gasteiger charge is 2.27. The van der Waals surface area contributed by atoms with Gasteiger partial charge < -0.3 is 29.8 Å². The lowest BCUT2D eigenvalue weighted by atomic mass is 9.96. The molecule has 3 amide bonds. The zero-order valence-corrected chi connectivity index (χ0v) is 18.6. The summed E-state index contributed by atoms with van der Waals surface area (Å²) in [6.45, 7) is 5.99. The fraction of sp³-hybridized carbons (Fsp3) is 0.522. The van der Waals surface area contributed by atoms with Crippen LogP contribution in [0.2, 0.25) is 0 Å². The zero-order chi connectivity index (χ0) is 22.3. The Morgan fingerprint density at radius 1 is 1.06 bits per heavy atom. The number of urea groups is 1. The number of aromatic nitrogens is 1. The topological polar surface area (TPSA) is 94.0 Å². The van der Waals surface area contributed by atoms with Crippen LogP contribution in [-0.2, 0) is 17.9 Å². The Hall–Kier alpha value is -3.07. The molecule has 0 saturated carbocycles. The highest BCUT2D eigenvalue weighted by Crippen LogP contribution is 2.18. The van der Waals surface area contributed by atoms with E-state index in [2.05, 4.69) is 38.5 Å². The summed E-state index contributed by atoms with van der Waals surface area (Å²) in [5, 5.41) is 5.93. The van der Waals surface area contributed by atoms with E-state index in [1.165, 1.54) is 0 Å². The maximum absolute atomic E-state index is 12.6. The Morgan fingerprint density at radius 3 is 2.56 bits per heavy atom. The average Bonchev–Trinajstić information content (AvgIpc) is 3.35. The van der Waals surface area contributed by atoms with Crippen molar-refractivity contribution < 1.29 is 14.0 Å². The van der Waals surface area contributed by atoms with Crippen molar-refractivity contribution in [3.05, 3.63) is 48.0 Å². The van der Waals surface area contributed by atoms with Crippen LogP contribution < -0.4 is 15.5 Å². The number of carbonyl (C=O) groups is 2. The fourth-order valence-electron chi connectivity index (χ4n) is 4.14. The van der Waals surface area contributed by atoms with E-state index in [-0.39, 0.29) is 17.9 Å². The number of nitrogens with one attached hydrogen (secondary N) is 2. The third-order valence-electron chi connectivity index (χ3n) is 6.25. The van der Waals surface area contributed by atoms with Crippen molar-refractivity contribution in [2.24, 2.45) is 5.92 Å². The molecule has 0 unspecified atom stereocenters. The van der Waals surface area contributed by atoms with Crippen molar-refractivity contribution in [3.8, 4) is 0 Å². The lowest BCUT2D eigenvalue weighted by molar-refractivity contribution is -0.126. The third-order valence-corrected chi connectivity index (χ3v) is 6.25. The second-order valence-corrected chi connectivity index (χ2v) is 8.53. The molecule has 2 aromatic heterocycles. The molecule has 2 aliphatic rings. The summed E-state index contributed by atoms with van der Waals surface area (Å²) in [6, 6.07) is 7.55. The molecule has 0 spiro atoms. The van der Waals surface area contributed by atoms with E-state index in [1.807, 2.05) is 18.3 Å².